The Balaban J connectivity index is 3.05. The summed E-state index contributed by atoms with van der Waals surface area (Å²) >= 11 is 0. The summed E-state index contributed by atoms with van der Waals surface area (Å²) < 4.78 is 31.3. The topological polar surface area (TPSA) is 211 Å². The highest BCUT2D eigenvalue weighted by atomic mass is 28.4. The Morgan fingerprint density at radius 2 is 1.60 bits per heavy atom. The Labute approximate surface area is 252 Å². The third kappa shape index (κ3) is 15.1. The molecule has 0 aromatic carbocycles. The third-order valence-electron chi connectivity index (χ3n) is 5.72. The van der Waals surface area contributed by atoms with Gasteiger partial charge < -0.3 is 44.2 Å². The number of nitrogens with two attached hydrogens (primary N) is 2. The highest BCUT2D eigenvalue weighted by Gasteiger charge is 2.50. The molecule has 1 aliphatic heterocycles. The molecule has 1 fully saturated rings. The molecule has 7 N–H and O–H groups in total. The molecule has 1 heterocycles. The molecule has 14 nitrogen and oxygen atoms in total. The summed E-state index contributed by atoms with van der Waals surface area (Å²) in [5, 5.41) is 13.8. The van der Waals surface area contributed by atoms with Crippen molar-refractivity contribution in [1.29, 1.82) is 0 Å². The molecule has 1 saturated heterocycles. The molecule has 17 heteroatoms. The lowest BCUT2D eigenvalue weighted by Crippen LogP contribution is -2.66. The van der Waals surface area contributed by atoms with Crippen LogP contribution in [0.2, 0.25) is 58.9 Å². The fourth-order valence-electron chi connectivity index (χ4n) is 4.15. The van der Waals surface area contributed by atoms with Crippen LogP contribution in [0.15, 0.2) is 0 Å². The predicted molar refractivity (Wildman–Crippen MR) is 164 cm³/mol. The fraction of sp³-hybridized carbons (Fsp3) is 0.840. The molecule has 6 atom stereocenters. The van der Waals surface area contributed by atoms with Gasteiger partial charge in [-0.15, -0.1) is 0 Å². The average molecular weight is 653 g/mol. The first-order valence-electron chi connectivity index (χ1n) is 14.1. The van der Waals surface area contributed by atoms with Crippen LogP contribution >= 0.6 is 0 Å². The van der Waals surface area contributed by atoms with E-state index in [0.29, 0.717) is 0 Å². The Morgan fingerprint density at radius 3 is 2.07 bits per heavy atom. The minimum absolute atomic E-state index is 0.100. The first-order valence-corrected chi connectivity index (χ1v) is 24.3. The van der Waals surface area contributed by atoms with Crippen molar-refractivity contribution >= 4 is 48.6 Å². The van der Waals surface area contributed by atoms with Crippen LogP contribution in [-0.4, -0.2) is 103 Å². The van der Waals surface area contributed by atoms with Crippen molar-refractivity contribution < 1.29 is 47.0 Å². The highest BCUT2D eigenvalue weighted by Crippen LogP contribution is 2.34. The highest BCUT2D eigenvalue weighted by molar-refractivity contribution is 6.70. The van der Waals surface area contributed by atoms with E-state index < -0.39 is 91.6 Å². The van der Waals surface area contributed by atoms with Gasteiger partial charge in [-0.1, -0.05) is 0 Å². The molecule has 0 saturated carbocycles. The van der Waals surface area contributed by atoms with E-state index in [0.717, 1.165) is 0 Å². The largest absolute Gasteiger partial charge is 0.481 e. The van der Waals surface area contributed by atoms with Crippen molar-refractivity contribution in [2.24, 2.45) is 11.5 Å². The van der Waals surface area contributed by atoms with E-state index in [2.05, 4.69) is 30.3 Å². The van der Waals surface area contributed by atoms with E-state index in [4.69, 9.17) is 39.3 Å². The van der Waals surface area contributed by atoms with E-state index in [1.807, 2.05) is 39.3 Å². The molecular weight excluding hydrogens is 601 g/mol. The number of nitrogens with one attached hydrogen (secondary N) is 2. The maximum atomic E-state index is 12.8. The average Bonchev–Trinajstić information content (AvgIpc) is 2.77. The van der Waals surface area contributed by atoms with Gasteiger partial charge in [0, 0.05) is 12.8 Å². The standard InChI is InChI=1S/C25H52N4O10Si3/c1-16(24(34)29-17(23(26)33)11-12-21(31)32)28-20(30)15-35-18-13-25(27,39-42(8,9)10)37-19(14-36-40(2,3)4)22(18)38-41(5,6)7/h16-19,22H,11-15,27H2,1-10H3,(H2,26,33)(H,28,30)(H,29,34)(H,31,32)/t16?,17?,18-,19-,22+,25?/m1/s1. The Kier molecular flexibility index (Phi) is 14.0. The number of aliphatic carboxylic acids is 1. The second-order valence-electron chi connectivity index (χ2n) is 13.5. The summed E-state index contributed by atoms with van der Waals surface area (Å²) in [7, 11) is -6.25. The number of primary amides is 1. The Morgan fingerprint density at radius 1 is 1.00 bits per heavy atom. The molecule has 1 rings (SSSR count). The van der Waals surface area contributed by atoms with Gasteiger partial charge >= 0.3 is 5.97 Å². The van der Waals surface area contributed by atoms with Gasteiger partial charge in [0.25, 0.3) is 0 Å². The smallest absolute Gasteiger partial charge is 0.303 e. The van der Waals surface area contributed by atoms with Gasteiger partial charge in [0.05, 0.1) is 18.8 Å². The molecule has 0 bridgehead atoms. The van der Waals surface area contributed by atoms with Crippen LogP contribution in [0.25, 0.3) is 0 Å². The van der Waals surface area contributed by atoms with E-state index >= 15 is 0 Å². The second kappa shape index (κ2) is 15.3. The lowest BCUT2D eigenvalue weighted by Gasteiger charge is -2.49. The minimum atomic E-state index is -2.18. The molecule has 42 heavy (non-hydrogen) atoms. The van der Waals surface area contributed by atoms with Gasteiger partial charge in [0.2, 0.25) is 23.6 Å². The molecule has 0 aliphatic carbocycles. The number of carbonyl (C=O) groups excluding carboxylic acids is 3. The number of hydrogen-bond donors (Lipinski definition) is 5. The van der Waals surface area contributed by atoms with Gasteiger partial charge in [-0.05, 0) is 72.3 Å². The molecule has 0 aromatic heterocycles. The van der Waals surface area contributed by atoms with Gasteiger partial charge in [-0.3, -0.25) is 24.9 Å². The van der Waals surface area contributed by atoms with Gasteiger partial charge in [-0.25, -0.2) is 0 Å². The molecule has 244 valence electrons. The zero-order chi connectivity index (χ0) is 32.7. The van der Waals surface area contributed by atoms with Crippen LogP contribution in [-0.2, 0) is 41.9 Å². The summed E-state index contributed by atoms with van der Waals surface area (Å²) in [5.41, 5.74) is 11.9. The molecular formula is C25H52N4O10Si3. The monoisotopic (exact) mass is 652 g/mol. The summed E-state index contributed by atoms with van der Waals surface area (Å²) in [4.78, 5) is 47.9. The van der Waals surface area contributed by atoms with E-state index in [-0.39, 0.29) is 25.9 Å². The minimum Gasteiger partial charge on any atom is -0.481 e. The number of carboxylic acid groups (broad SMARTS) is 1. The first-order chi connectivity index (χ1) is 18.9. The molecule has 0 radical (unpaired) electrons. The van der Waals surface area contributed by atoms with Crippen molar-refractivity contribution in [3.8, 4) is 0 Å². The molecule has 0 aromatic rings. The van der Waals surface area contributed by atoms with E-state index in [9.17, 15) is 19.2 Å². The van der Waals surface area contributed by atoms with Crippen molar-refractivity contribution in [3.05, 3.63) is 0 Å². The molecule has 3 unspecified atom stereocenters. The van der Waals surface area contributed by atoms with Crippen LogP contribution in [0.3, 0.4) is 0 Å². The summed E-state index contributed by atoms with van der Waals surface area (Å²) in [5.74, 6) is -4.79. The lowest BCUT2D eigenvalue weighted by molar-refractivity contribution is -0.294. The van der Waals surface area contributed by atoms with Gasteiger partial charge in [0.15, 0.2) is 25.0 Å². The van der Waals surface area contributed by atoms with Crippen LogP contribution in [0.5, 0.6) is 0 Å². The van der Waals surface area contributed by atoms with Crippen LogP contribution < -0.4 is 22.1 Å². The maximum Gasteiger partial charge on any atom is 0.303 e. The molecule has 3 amide bonds. The first kappa shape index (κ1) is 38.3. The Bertz CT molecular complexity index is 954. The summed E-state index contributed by atoms with van der Waals surface area (Å²) in [6.45, 7) is 19.5. The van der Waals surface area contributed by atoms with Crippen LogP contribution in [0.1, 0.15) is 26.2 Å². The number of amides is 3. The quantitative estimate of drug-likeness (QED) is 0.111. The van der Waals surface area contributed by atoms with E-state index in [1.54, 1.807) is 0 Å². The van der Waals surface area contributed by atoms with Crippen molar-refractivity contribution in [1.82, 2.24) is 10.6 Å². The van der Waals surface area contributed by atoms with Crippen molar-refractivity contribution in [3.63, 3.8) is 0 Å². The molecule has 1 aliphatic rings. The third-order valence-corrected chi connectivity index (χ3v) is 8.69. The molecule has 0 spiro atoms. The van der Waals surface area contributed by atoms with Gasteiger partial charge in [0.1, 0.15) is 24.8 Å². The zero-order valence-corrected chi connectivity index (χ0v) is 29.7. The Hall–Kier alpha value is -1.71. The number of carboxylic acids is 1. The SMILES string of the molecule is CC(NC(=O)CO[C@@H]1CC(N)(O[Si](C)(C)C)O[C@H](CO[Si](C)(C)C)[C@H]1O[Si](C)(C)C)C(=O)NC(CCC(=O)O)C(N)=O. The van der Waals surface area contributed by atoms with Crippen molar-refractivity contribution in [2.45, 2.75) is 121 Å². The number of ether oxygens (including phenoxy) is 2. The van der Waals surface area contributed by atoms with Gasteiger partial charge in [-0.2, -0.15) is 0 Å². The number of carbonyl (C=O) groups is 4. The summed E-state index contributed by atoms with van der Waals surface area (Å²) in [6, 6.07) is -2.25. The van der Waals surface area contributed by atoms with E-state index in [1.165, 1.54) is 6.92 Å². The van der Waals surface area contributed by atoms with Crippen LogP contribution in [0.4, 0.5) is 0 Å². The summed E-state index contributed by atoms with van der Waals surface area (Å²) in [6.07, 6.45) is -2.33. The number of rotatable bonds is 17. The zero-order valence-electron chi connectivity index (χ0n) is 26.7. The van der Waals surface area contributed by atoms with Crippen LogP contribution in [0, 0.1) is 0 Å². The normalized spacial score (nSPS) is 24.9. The lowest BCUT2D eigenvalue weighted by atomic mass is 9.99. The fourth-order valence-corrected chi connectivity index (χ4v) is 7.10. The maximum absolute atomic E-state index is 12.8. The van der Waals surface area contributed by atoms with Crippen molar-refractivity contribution in [2.75, 3.05) is 13.2 Å². The number of hydrogen-bond acceptors (Lipinski definition) is 10. The predicted octanol–water partition coefficient (Wildman–Crippen LogP) is 1.04. The second-order valence-corrected chi connectivity index (χ2v) is 26.9.